The van der Waals surface area contributed by atoms with Crippen LogP contribution in [0.2, 0.25) is 0 Å². The molecule has 0 aliphatic rings. The van der Waals surface area contributed by atoms with Crippen LogP contribution in [-0.2, 0) is 0 Å². The molecule has 0 saturated heterocycles. The van der Waals surface area contributed by atoms with E-state index in [1.165, 1.54) is 12.4 Å². The number of aliphatic hydroxyl groups is 1. The zero-order valence-electron chi connectivity index (χ0n) is 9.83. The van der Waals surface area contributed by atoms with Gasteiger partial charge in [-0.1, -0.05) is 0 Å². The molecule has 0 spiro atoms. The van der Waals surface area contributed by atoms with Crippen LogP contribution in [0.15, 0.2) is 23.3 Å². The van der Waals surface area contributed by atoms with Crippen molar-refractivity contribution < 1.29 is 14.8 Å². The minimum absolute atomic E-state index is 0.0315. The van der Waals surface area contributed by atoms with Crippen LogP contribution in [0.5, 0.6) is 5.75 Å². The summed E-state index contributed by atoms with van der Waals surface area (Å²) in [5.41, 5.74) is -0.438. The highest BCUT2D eigenvalue weighted by molar-refractivity contribution is 5.82. The molecule has 8 heteroatoms. The third-order valence-electron chi connectivity index (χ3n) is 2.48. The van der Waals surface area contributed by atoms with Crippen molar-refractivity contribution in [2.24, 2.45) is 0 Å². The fraction of sp³-hybridized carbons (Fsp3) is 0.273. The number of hydrogen-bond donors (Lipinski definition) is 2. The number of nitrogens with one attached hydrogen (secondary N) is 1. The van der Waals surface area contributed by atoms with Crippen LogP contribution < -0.4 is 10.3 Å². The number of benzene rings is 1. The van der Waals surface area contributed by atoms with Crippen molar-refractivity contribution in [3.8, 4) is 5.75 Å². The van der Waals surface area contributed by atoms with Gasteiger partial charge in [0.2, 0.25) is 0 Å². The molecule has 0 aliphatic carbocycles. The van der Waals surface area contributed by atoms with Gasteiger partial charge in [0.15, 0.2) is 5.75 Å². The Morgan fingerprint density at radius 1 is 1.47 bits per heavy atom. The second-order valence-electron chi connectivity index (χ2n) is 3.75. The molecule has 1 heterocycles. The van der Waals surface area contributed by atoms with E-state index in [4.69, 9.17) is 9.84 Å². The van der Waals surface area contributed by atoms with E-state index in [-0.39, 0.29) is 30.0 Å². The van der Waals surface area contributed by atoms with Crippen LogP contribution >= 0.6 is 0 Å². The molecule has 1 aromatic carbocycles. The standard InChI is InChI=1S/C11H11N3O5/c15-2-1-3-19-10-5-8-7(4-9(10)14(17)18)11(16)13-6-12-8/h4-6,15H,1-3H2,(H,12,13,16). The summed E-state index contributed by atoms with van der Waals surface area (Å²) in [6, 6.07) is 2.48. The number of nitrogens with zero attached hydrogens (tertiary/aromatic N) is 2. The van der Waals surface area contributed by atoms with E-state index >= 15 is 0 Å². The molecule has 0 radical (unpaired) electrons. The van der Waals surface area contributed by atoms with Crippen molar-refractivity contribution in [1.29, 1.82) is 0 Å². The van der Waals surface area contributed by atoms with Gasteiger partial charge in [0.1, 0.15) is 0 Å². The number of aliphatic hydroxyl groups excluding tert-OH is 1. The number of H-pyrrole nitrogens is 1. The normalized spacial score (nSPS) is 10.6. The lowest BCUT2D eigenvalue weighted by Gasteiger charge is -2.06. The van der Waals surface area contributed by atoms with Crippen molar-refractivity contribution in [2.75, 3.05) is 13.2 Å². The molecule has 8 nitrogen and oxygen atoms in total. The highest BCUT2D eigenvalue weighted by atomic mass is 16.6. The Kier molecular flexibility index (Phi) is 3.71. The molecule has 0 amide bonds. The van der Waals surface area contributed by atoms with Gasteiger partial charge in [-0.3, -0.25) is 14.9 Å². The second kappa shape index (κ2) is 5.44. The summed E-state index contributed by atoms with van der Waals surface area (Å²) in [7, 11) is 0. The zero-order chi connectivity index (χ0) is 13.8. The number of fused-ring (bicyclic) bond motifs is 1. The maximum absolute atomic E-state index is 11.5. The van der Waals surface area contributed by atoms with Crippen molar-refractivity contribution in [3.05, 3.63) is 38.9 Å². The molecule has 2 rings (SSSR count). The number of hydrogen-bond acceptors (Lipinski definition) is 6. The van der Waals surface area contributed by atoms with Crippen LogP contribution in [-0.4, -0.2) is 33.2 Å². The maximum Gasteiger partial charge on any atom is 0.311 e. The lowest BCUT2D eigenvalue weighted by Crippen LogP contribution is -2.08. The molecule has 2 N–H and O–H groups in total. The summed E-state index contributed by atoms with van der Waals surface area (Å²) in [6.07, 6.45) is 1.58. The molecule has 0 aliphatic heterocycles. The van der Waals surface area contributed by atoms with Gasteiger partial charge in [0, 0.05) is 25.2 Å². The van der Waals surface area contributed by atoms with E-state index in [2.05, 4.69) is 9.97 Å². The molecule has 0 fully saturated rings. The average Bonchev–Trinajstić information content (AvgIpc) is 2.38. The highest BCUT2D eigenvalue weighted by Gasteiger charge is 2.18. The van der Waals surface area contributed by atoms with Gasteiger partial charge < -0.3 is 14.8 Å². The van der Waals surface area contributed by atoms with E-state index < -0.39 is 10.5 Å². The van der Waals surface area contributed by atoms with Crippen LogP contribution in [0, 0.1) is 10.1 Å². The number of ether oxygens (including phenoxy) is 1. The molecular weight excluding hydrogens is 254 g/mol. The number of rotatable bonds is 5. The first-order chi connectivity index (χ1) is 9.13. The Labute approximate surface area is 106 Å². The summed E-state index contributed by atoms with van der Waals surface area (Å²) in [5, 5.41) is 19.7. The predicted molar refractivity (Wildman–Crippen MR) is 66.2 cm³/mol. The third kappa shape index (κ3) is 2.68. The summed E-state index contributed by atoms with van der Waals surface area (Å²) < 4.78 is 5.23. The van der Waals surface area contributed by atoms with Crippen LogP contribution in [0.4, 0.5) is 5.69 Å². The van der Waals surface area contributed by atoms with Crippen LogP contribution in [0.1, 0.15) is 6.42 Å². The van der Waals surface area contributed by atoms with Crippen molar-refractivity contribution in [3.63, 3.8) is 0 Å². The fourth-order valence-corrected chi connectivity index (χ4v) is 1.59. The average molecular weight is 265 g/mol. The minimum Gasteiger partial charge on any atom is -0.487 e. The molecule has 0 saturated carbocycles. The van der Waals surface area contributed by atoms with Crippen molar-refractivity contribution in [1.82, 2.24) is 9.97 Å². The zero-order valence-corrected chi connectivity index (χ0v) is 9.83. The third-order valence-corrected chi connectivity index (χ3v) is 2.48. The first-order valence-electron chi connectivity index (χ1n) is 5.53. The molecule has 1 aromatic heterocycles. The largest absolute Gasteiger partial charge is 0.487 e. The van der Waals surface area contributed by atoms with Crippen LogP contribution in [0.3, 0.4) is 0 Å². The van der Waals surface area contributed by atoms with Crippen molar-refractivity contribution in [2.45, 2.75) is 6.42 Å². The molecular formula is C11H11N3O5. The van der Waals surface area contributed by atoms with Gasteiger partial charge in [0.25, 0.3) is 5.56 Å². The summed E-state index contributed by atoms with van der Waals surface area (Å²) in [6.45, 7) is 0.0747. The first-order valence-corrected chi connectivity index (χ1v) is 5.53. The monoisotopic (exact) mass is 265 g/mol. The van der Waals surface area contributed by atoms with Gasteiger partial charge in [-0.25, -0.2) is 4.98 Å². The summed E-state index contributed by atoms with van der Waals surface area (Å²) in [5.74, 6) is 0.0315. The Bertz CT molecular complexity index is 667. The number of aromatic nitrogens is 2. The van der Waals surface area contributed by atoms with E-state index in [1.54, 1.807) is 0 Å². The topological polar surface area (TPSA) is 118 Å². The van der Waals surface area contributed by atoms with E-state index in [1.807, 2.05) is 0 Å². The first kappa shape index (κ1) is 13.0. The molecule has 100 valence electrons. The van der Waals surface area contributed by atoms with E-state index in [9.17, 15) is 14.9 Å². The van der Waals surface area contributed by atoms with Gasteiger partial charge in [-0.05, 0) is 0 Å². The van der Waals surface area contributed by atoms with Gasteiger partial charge in [0.05, 0.1) is 28.8 Å². The Balaban J connectivity index is 2.52. The second-order valence-corrected chi connectivity index (χ2v) is 3.75. The summed E-state index contributed by atoms with van der Waals surface area (Å²) >= 11 is 0. The molecule has 2 aromatic rings. The SMILES string of the molecule is O=c1[nH]cnc2cc(OCCCO)c([N+](=O)[O-])cc12. The lowest BCUT2D eigenvalue weighted by molar-refractivity contribution is -0.385. The predicted octanol–water partition coefficient (Wildman–Crippen LogP) is 0.593. The van der Waals surface area contributed by atoms with Gasteiger partial charge in [-0.15, -0.1) is 0 Å². The smallest absolute Gasteiger partial charge is 0.311 e. The maximum atomic E-state index is 11.5. The number of nitro benzene ring substituents is 1. The quantitative estimate of drug-likeness (QED) is 0.464. The minimum atomic E-state index is -0.625. The molecule has 0 atom stereocenters. The Morgan fingerprint density at radius 2 is 2.26 bits per heavy atom. The van der Waals surface area contributed by atoms with Gasteiger partial charge in [-0.2, -0.15) is 0 Å². The van der Waals surface area contributed by atoms with Crippen molar-refractivity contribution >= 4 is 16.6 Å². The number of aromatic amines is 1. The lowest BCUT2D eigenvalue weighted by atomic mass is 10.2. The highest BCUT2D eigenvalue weighted by Crippen LogP contribution is 2.30. The molecule has 0 unspecified atom stereocenters. The number of nitro groups is 1. The molecule has 19 heavy (non-hydrogen) atoms. The van der Waals surface area contributed by atoms with Gasteiger partial charge >= 0.3 is 5.69 Å². The fourth-order valence-electron chi connectivity index (χ4n) is 1.59. The Morgan fingerprint density at radius 3 is 2.95 bits per heavy atom. The van der Waals surface area contributed by atoms with E-state index in [0.29, 0.717) is 11.9 Å². The van der Waals surface area contributed by atoms with E-state index in [0.717, 1.165) is 6.07 Å². The Hall–Kier alpha value is -2.48. The van der Waals surface area contributed by atoms with Crippen LogP contribution in [0.25, 0.3) is 10.9 Å². The molecule has 0 bridgehead atoms. The summed E-state index contributed by atoms with van der Waals surface area (Å²) in [4.78, 5) is 28.1.